The summed E-state index contributed by atoms with van der Waals surface area (Å²) in [5.74, 6) is 0. The predicted octanol–water partition coefficient (Wildman–Crippen LogP) is 0.885. The van der Waals surface area contributed by atoms with E-state index in [0.29, 0.717) is 0 Å². The van der Waals surface area contributed by atoms with E-state index in [4.69, 9.17) is 5.73 Å². The van der Waals surface area contributed by atoms with Gasteiger partial charge in [-0.3, -0.25) is 0 Å². The van der Waals surface area contributed by atoms with Crippen LogP contribution in [0.1, 0.15) is 33.1 Å². The van der Waals surface area contributed by atoms with Gasteiger partial charge in [0.1, 0.15) is 0 Å². The fraction of sp³-hybridized carbons (Fsp3) is 1.00. The van der Waals surface area contributed by atoms with Crippen molar-refractivity contribution in [2.45, 2.75) is 45.3 Å². The van der Waals surface area contributed by atoms with Gasteiger partial charge in [0, 0.05) is 6.04 Å². The van der Waals surface area contributed by atoms with E-state index in [1.165, 1.54) is 0 Å². The minimum atomic E-state index is -0.304. The summed E-state index contributed by atoms with van der Waals surface area (Å²) in [7, 11) is 0. The summed E-state index contributed by atoms with van der Waals surface area (Å²) < 4.78 is 0. The molecular weight excluding hydrogens is 126 g/mol. The van der Waals surface area contributed by atoms with Crippen LogP contribution in [0.5, 0.6) is 0 Å². The van der Waals surface area contributed by atoms with Crippen molar-refractivity contribution in [1.29, 1.82) is 0 Å². The van der Waals surface area contributed by atoms with Crippen molar-refractivity contribution in [1.82, 2.24) is 0 Å². The molecule has 0 radical (unpaired) electrons. The third kappa shape index (κ3) is 1.32. The summed E-state index contributed by atoms with van der Waals surface area (Å²) >= 11 is 0. The molecule has 0 spiro atoms. The zero-order chi connectivity index (χ0) is 7.78. The third-order valence-corrected chi connectivity index (χ3v) is 2.56. The standard InChI is InChI=1S/C8H17NO/c1-8(2)5-3-4-6(9)7(8)10/h6-7,10H,3-5,9H2,1-2H3. The Labute approximate surface area is 62.4 Å². The van der Waals surface area contributed by atoms with Crippen LogP contribution in [0.4, 0.5) is 0 Å². The molecule has 0 aromatic rings. The van der Waals surface area contributed by atoms with Crippen LogP contribution < -0.4 is 5.73 Å². The molecule has 1 aliphatic carbocycles. The van der Waals surface area contributed by atoms with E-state index < -0.39 is 0 Å². The Balaban J connectivity index is 2.60. The number of rotatable bonds is 0. The van der Waals surface area contributed by atoms with Crippen LogP contribution in [0.3, 0.4) is 0 Å². The van der Waals surface area contributed by atoms with Gasteiger partial charge in [-0.15, -0.1) is 0 Å². The van der Waals surface area contributed by atoms with Crippen LogP contribution in [0.25, 0.3) is 0 Å². The van der Waals surface area contributed by atoms with E-state index in [9.17, 15) is 5.11 Å². The SMILES string of the molecule is CC1(C)CCCC(N)C1O. The van der Waals surface area contributed by atoms with Crippen molar-refractivity contribution in [3.8, 4) is 0 Å². The van der Waals surface area contributed by atoms with Gasteiger partial charge in [-0.25, -0.2) is 0 Å². The molecule has 3 N–H and O–H groups in total. The third-order valence-electron chi connectivity index (χ3n) is 2.56. The smallest absolute Gasteiger partial charge is 0.0741 e. The normalized spacial score (nSPS) is 39.6. The lowest BCUT2D eigenvalue weighted by molar-refractivity contribution is -0.00212. The first-order valence-electron chi connectivity index (χ1n) is 3.98. The highest BCUT2D eigenvalue weighted by Crippen LogP contribution is 2.34. The van der Waals surface area contributed by atoms with E-state index in [1.807, 2.05) is 0 Å². The zero-order valence-corrected chi connectivity index (χ0v) is 6.80. The van der Waals surface area contributed by atoms with Crippen molar-refractivity contribution >= 4 is 0 Å². The summed E-state index contributed by atoms with van der Waals surface area (Å²) in [6.07, 6.45) is 2.93. The first-order chi connectivity index (χ1) is 4.54. The Morgan fingerprint density at radius 1 is 1.50 bits per heavy atom. The number of nitrogens with two attached hydrogens (primary N) is 1. The fourth-order valence-corrected chi connectivity index (χ4v) is 1.68. The molecule has 1 aliphatic rings. The topological polar surface area (TPSA) is 46.2 Å². The second-order valence-corrected chi connectivity index (χ2v) is 3.99. The van der Waals surface area contributed by atoms with Crippen LogP contribution in [0.2, 0.25) is 0 Å². The zero-order valence-electron chi connectivity index (χ0n) is 6.80. The molecule has 0 aromatic carbocycles. The maximum absolute atomic E-state index is 9.58. The van der Waals surface area contributed by atoms with Gasteiger partial charge in [0.2, 0.25) is 0 Å². The number of hydrogen-bond acceptors (Lipinski definition) is 2. The van der Waals surface area contributed by atoms with Crippen LogP contribution in [-0.4, -0.2) is 17.3 Å². The molecule has 0 aromatic heterocycles. The molecule has 2 heteroatoms. The van der Waals surface area contributed by atoms with Crippen molar-refractivity contribution in [3.63, 3.8) is 0 Å². The highest BCUT2D eigenvalue weighted by atomic mass is 16.3. The molecule has 0 saturated heterocycles. The molecular formula is C8H17NO. The summed E-state index contributed by atoms with van der Waals surface area (Å²) in [6.45, 7) is 4.16. The molecule has 10 heavy (non-hydrogen) atoms. The van der Waals surface area contributed by atoms with Gasteiger partial charge in [-0.1, -0.05) is 20.3 Å². The van der Waals surface area contributed by atoms with Gasteiger partial charge in [-0.2, -0.15) is 0 Å². The quantitative estimate of drug-likeness (QED) is 0.529. The van der Waals surface area contributed by atoms with Gasteiger partial charge in [0.15, 0.2) is 0 Å². The van der Waals surface area contributed by atoms with Crippen LogP contribution in [0.15, 0.2) is 0 Å². The fourth-order valence-electron chi connectivity index (χ4n) is 1.68. The van der Waals surface area contributed by atoms with Gasteiger partial charge in [0.05, 0.1) is 6.10 Å². The average Bonchev–Trinajstić information content (AvgIpc) is 1.83. The predicted molar refractivity (Wildman–Crippen MR) is 41.6 cm³/mol. The number of hydrogen-bond donors (Lipinski definition) is 2. The van der Waals surface area contributed by atoms with Crippen molar-refractivity contribution < 1.29 is 5.11 Å². The molecule has 0 aliphatic heterocycles. The lowest BCUT2D eigenvalue weighted by atomic mass is 9.73. The van der Waals surface area contributed by atoms with Gasteiger partial charge in [-0.05, 0) is 18.3 Å². The summed E-state index contributed by atoms with van der Waals surface area (Å²) in [5, 5.41) is 9.58. The minimum Gasteiger partial charge on any atom is -0.391 e. The summed E-state index contributed by atoms with van der Waals surface area (Å²) in [4.78, 5) is 0. The largest absolute Gasteiger partial charge is 0.391 e. The minimum absolute atomic E-state index is 0.00347. The van der Waals surface area contributed by atoms with E-state index >= 15 is 0 Å². The molecule has 2 nitrogen and oxygen atoms in total. The molecule has 60 valence electrons. The first kappa shape index (κ1) is 8.02. The van der Waals surface area contributed by atoms with Crippen molar-refractivity contribution in [2.75, 3.05) is 0 Å². The van der Waals surface area contributed by atoms with Gasteiger partial charge in [0.25, 0.3) is 0 Å². The molecule has 1 fully saturated rings. The van der Waals surface area contributed by atoms with E-state index in [1.54, 1.807) is 0 Å². The Morgan fingerprint density at radius 2 is 2.10 bits per heavy atom. The number of aliphatic hydroxyl groups excluding tert-OH is 1. The van der Waals surface area contributed by atoms with Crippen LogP contribution in [0, 0.1) is 5.41 Å². The average molecular weight is 143 g/mol. The molecule has 2 atom stereocenters. The van der Waals surface area contributed by atoms with Crippen molar-refractivity contribution in [3.05, 3.63) is 0 Å². The van der Waals surface area contributed by atoms with Crippen LogP contribution in [-0.2, 0) is 0 Å². The second kappa shape index (κ2) is 2.51. The molecule has 2 unspecified atom stereocenters. The number of aliphatic hydroxyl groups is 1. The summed E-state index contributed by atoms with van der Waals surface area (Å²) in [6, 6.07) is 0.00347. The Hall–Kier alpha value is -0.0800. The van der Waals surface area contributed by atoms with Gasteiger partial charge < -0.3 is 10.8 Å². The van der Waals surface area contributed by atoms with Crippen molar-refractivity contribution in [2.24, 2.45) is 11.1 Å². The lowest BCUT2D eigenvalue weighted by Crippen LogP contribution is -2.47. The van der Waals surface area contributed by atoms with Gasteiger partial charge >= 0.3 is 0 Å². The van der Waals surface area contributed by atoms with E-state index in [2.05, 4.69) is 13.8 Å². The van der Waals surface area contributed by atoms with Crippen LogP contribution >= 0.6 is 0 Å². The molecule has 1 rings (SSSR count). The van der Waals surface area contributed by atoms with E-state index in [-0.39, 0.29) is 17.6 Å². The second-order valence-electron chi connectivity index (χ2n) is 3.99. The van der Waals surface area contributed by atoms with E-state index in [0.717, 1.165) is 19.3 Å². The monoisotopic (exact) mass is 143 g/mol. The highest BCUT2D eigenvalue weighted by Gasteiger charge is 2.35. The molecule has 0 heterocycles. The summed E-state index contributed by atoms with van der Waals surface area (Å²) in [5.41, 5.74) is 5.74. The Bertz CT molecular complexity index is 122. The molecule has 0 amide bonds. The maximum Gasteiger partial charge on any atom is 0.0741 e. The Kier molecular flexibility index (Phi) is 2.02. The molecule has 1 saturated carbocycles. The first-order valence-corrected chi connectivity index (χ1v) is 3.98. The highest BCUT2D eigenvalue weighted by molar-refractivity contribution is 4.89. The Morgan fingerprint density at radius 3 is 2.50 bits per heavy atom. The molecule has 0 bridgehead atoms. The maximum atomic E-state index is 9.58. The lowest BCUT2D eigenvalue weighted by Gasteiger charge is -2.38.